The van der Waals surface area contributed by atoms with Crippen LogP contribution in [0.2, 0.25) is 0 Å². The van der Waals surface area contributed by atoms with Gasteiger partial charge in [0.15, 0.2) is 0 Å². The molecule has 3 aromatic carbocycles. The number of amides is 1. The molecule has 1 amide bonds. The van der Waals surface area contributed by atoms with E-state index in [0.717, 1.165) is 23.4 Å². The molecule has 0 bridgehead atoms. The third-order valence-electron chi connectivity index (χ3n) is 4.84. The molecule has 0 aliphatic heterocycles. The predicted octanol–water partition coefficient (Wildman–Crippen LogP) is 3.33. The van der Waals surface area contributed by atoms with Crippen LogP contribution in [0.3, 0.4) is 0 Å². The Morgan fingerprint density at radius 2 is 1.53 bits per heavy atom. The van der Waals surface area contributed by atoms with Crippen molar-refractivity contribution in [1.82, 2.24) is 4.90 Å². The molecule has 1 atom stereocenters. The van der Waals surface area contributed by atoms with Crippen LogP contribution in [0.1, 0.15) is 22.8 Å². The molecule has 156 valence electrons. The fourth-order valence-corrected chi connectivity index (χ4v) is 3.30. The van der Waals surface area contributed by atoms with Crippen molar-refractivity contribution in [3.8, 4) is 5.75 Å². The van der Waals surface area contributed by atoms with Crippen LogP contribution in [-0.2, 0) is 17.8 Å². The van der Waals surface area contributed by atoms with Crippen LogP contribution < -0.4 is 10.5 Å². The average molecular weight is 405 g/mol. The maximum absolute atomic E-state index is 11.0. The minimum Gasteiger partial charge on any atom is -0.492 e. The molecule has 5 nitrogen and oxygen atoms in total. The number of primary amides is 1. The summed E-state index contributed by atoms with van der Waals surface area (Å²) in [5.74, 6) is 0.392. The summed E-state index contributed by atoms with van der Waals surface area (Å²) >= 11 is 0. The Kier molecular flexibility index (Phi) is 8.01. The molecule has 3 rings (SSSR count). The lowest BCUT2D eigenvalue weighted by atomic mass is 10.1. The third kappa shape index (κ3) is 7.03. The van der Waals surface area contributed by atoms with Gasteiger partial charge in [-0.1, -0.05) is 72.8 Å². The van der Waals surface area contributed by atoms with E-state index >= 15 is 0 Å². The fraction of sp³-hybridized carbons (Fsp3) is 0.240. The number of hydrogen-bond acceptors (Lipinski definition) is 4. The summed E-state index contributed by atoms with van der Waals surface area (Å²) in [5.41, 5.74) is 8.18. The Hall–Kier alpha value is -3.15. The number of aliphatic hydroxyl groups is 1. The molecule has 0 aliphatic carbocycles. The summed E-state index contributed by atoms with van der Waals surface area (Å²) in [5, 5.41) is 10.7. The van der Waals surface area contributed by atoms with E-state index in [0.29, 0.717) is 19.7 Å². The second kappa shape index (κ2) is 11.1. The second-order valence-corrected chi connectivity index (χ2v) is 7.28. The van der Waals surface area contributed by atoms with Gasteiger partial charge in [0.2, 0.25) is 5.91 Å². The fourth-order valence-electron chi connectivity index (χ4n) is 3.30. The standard InChI is InChI=1S/C25H28N2O3/c26-25(29)17-20-11-13-23(14-12-20)30-16-15-27(18-21-7-3-1-4-8-21)19-24(28)22-9-5-2-6-10-22/h1-14,24,28H,15-19H2,(H2,26,29)/t24-/m0/s1. The van der Waals surface area contributed by atoms with E-state index < -0.39 is 6.10 Å². The molecule has 0 heterocycles. The number of carbonyl (C=O) groups is 1. The number of nitrogens with two attached hydrogens (primary N) is 1. The summed E-state index contributed by atoms with van der Waals surface area (Å²) < 4.78 is 5.88. The first-order valence-corrected chi connectivity index (χ1v) is 10.1. The maximum Gasteiger partial charge on any atom is 0.221 e. The highest BCUT2D eigenvalue weighted by atomic mass is 16.5. The van der Waals surface area contributed by atoms with Crippen LogP contribution in [0.5, 0.6) is 5.75 Å². The average Bonchev–Trinajstić information content (AvgIpc) is 2.76. The van der Waals surface area contributed by atoms with Crippen LogP contribution >= 0.6 is 0 Å². The van der Waals surface area contributed by atoms with Crippen molar-refractivity contribution < 1.29 is 14.6 Å². The minimum atomic E-state index is -0.567. The summed E-state index contributed by atoms with van der Waals surface area (Å²) in [6.45, 7) is 2.40. The Bertz CT molecular complexity index is 899. The van der Waals surface area contributed by atoms with E-state index in [9.17, 15) is 9.90 Å². The lowest BCUT2D eigenvalue weighted by Crippen LogP contribution is -2.32. The SMILES string of the molecule is NC(=O)Cc1ccc(OCCN(Cc2ccccc2)C[C@H](O)c2ccccc2)cc1. The molecule has 0 aliphatic rings. The Labute approximate surface area is 177 Å². The van der Waals surface area contributed by atoms with Crippen molar-refractivity contribution in [2.24, 2.45) is 5.73 Å². The predicted molar refractivity (Wildman–Crippen MR) is 118 cm³/mol. The number of hydrogen-bond donors (Lipinski definition) is 2. The third-order valence-corrected chi connectivity index (χ3v) is 4.84. The van der Waals surface area contributed by atoms with E-state index in [2.05, 4.69) is 17.0 Å². The quantitative estimate of drug-likeness (QED) is 0.514. The molecule has 3 aromatic rings. The smallest absolute Gasteiger partial charge is 0.221 e. The number of benzene rings is 3. The molecule has 0 saturated heterocycles. The van der Waals surface area contributed by atoms with Gasteiger partial charge in [-0.05, 0) is 28.8 Å². The van der Waals surface area contributed by atoms with E-state index in [-0.39, 0.29) is 12.3 Å². The molecule has 0 saturated carbocycles. The first kappa shape index (κ1) is 21.6. The van der Waals surface area contributed by atoms with Gasteiger partial charge in [0.05, 0.1) is 12.5 Å². The van der Waals surface area contributed by atoms with Gasteiger partial charge < -0.3 is 15.6 Å². The van der Waals surface area contributed by atoms with Crippen LogP contribution in [0.15, 0.2) is 84.9 Å². The van der Waals surface area contributed by atoms with Crippen molar-refractivity contribution in [3.63, 3.8) is 0 Å². The zero-order valence-electron chi connectivity index (χ0n) is 17.0. The first-order chi connectivity index (χ1) is 14.6. The molecule has 0 spiro atoms. The van der Waals surface area contributed by atoms with Gasteiger partial charge in [-0.2, -0.15) is 0 Å². The van der Waals surface area contributed by atoms with Gasteiger partial charge in [0.25, 0.3) is 0 Å². The van der Waals surface area contributed by atoms with Gasteiger partial charge in [-0.15, -0.1) is 0 Å². The van der Waals surface area contributed by atoms with E-state index in [1.54, 1.807) is 0 Å². The molecule has 0 fully saturated rings. The van der Waals surface area contributed by atoms with Crippen LogP contribution in [-0.4, -0.2) is 35.6 Å². The topological polar surface area (TPSA) is 75.8 Å². The molecule has 5 heteroatoms. The maximum atomic E-state index is 11.0. The van der Waals surface area contributed by atoms with Crippen molar-refractivity contribution in [1.29, 1.82) is 0 Å². The zero-order valence-corrected chi connectivity index (χ0v) is 17.0. The lowest BCUT2D eigenvalue weighted by Gasteiger charge is -2.25. The molecule has 30 heavy (non-hydrogen) atoms. The van der Waals surface area contributed by atoms with Crippen molar-refractivity contribution >= 4 is 5.91 Å². The summed E-state index contributed by atoms with van der Waals surface area (Å²) in [4.78, 5) is 13.2. The van der Waals surface area contributed by atoms with Gasteiger partial charge >= 0.3 is 0 Å². The molecule has 0 aromatic heterocycles. The Morgan fingerprint density at radius 3 is 2.17 bits per heavy atom. The number of ether oxygens (including phenoxy) is 1. The molecular weight excluding hydrogens is 376 g/mol. The van der Waals surface area contributed by atoms with Crippen LogP contribution in [0.25, 0.3) is 0 Å². The first-order valence-electron chi connectivity index (χ1n) is 10.1. The van der Waals surface area contributed by atoms with Crippen LogP contribution in [0, 0.1) is 0 Å². The minimum absolute atomic E-state index is 0.225. The molecular formula is C25H28N2O3. The van der Waals surface area contributed by atoms with Gasteiger partial charge in [-0.3, -0.25) is 9.69 Å². The highest BCUT2D eigenvalue weighted by Crippen LogP contribution is 2.16. The van der Waals surface area contributed by atoms with Gasteiger partial charge in [-0.25, -0.2) is 0 Å². The number of aliphatic hydroxyl groups excluding tert-OH is 1. The van der Waals surface area contributed by atoms with Crippen molar-refractivity contribution in [3.05, 3.63) is 102 Å². The van der Waals surface area contributed by atoms with E-state index in [4.69, 9.17) is 10.5 Å². The number of carbonyl (C=O) groups excluding carboxylic acids is 1. The van der Waals surface area contributed by atoms with E-state index in [1.807, 2.05) is 72.8 Å². The summed E-state index contributed by atoms with van der Waals surface area (Å²) in [6.07, 6.45) is -0.342. The molecule has 3 N–H and O–H groups in total. The normalized spacial score (nSPS) is 11.9. The lowest BCUT2D eigenvalue weighted by molar-refractivity contribution is -0.117. The van der Waals surface area contributed by atoms with Crippen molar-refractivity contribution in [2.75, 3.05) is 19.7 Å². The Balaban J connectivity index is 1.58. The monoisotopic (exact) mass is 404 g/mol. The highest BCUT2D eigenvalue weighted by molar-refractivity contribution is 5.76. The molecule has 0 unspecified atom stereocenters. The van der Waals surface area contributed by atoms with E-state index in [1.165, 1.54) is 5.56 Å². The number of rotatable bonds is 11. The van der Waals surface area contributed by atoms with Crippen molar-refractivity contribution in [2.45, 2.75) is 19.1 Å². The van der Waals surface area contributed by atoms with Gasteiger partial charge in [0.1, 0.15) is 12.4 Å². The highest BCUT2D eigenvalue weighted by Gasteiger charge is 2.14. The zero-order chi connectivity index (χ0) is 21.2. The largest absolute Gasteiger partial charge is 0.492 e. The van der Waals surface area contributed by atoms with Crippen LogP contribution in [0.4, 0.5) is 0 Å². The number of nitrogens with zero attached hydrogens (tertiary/aromatic N) is 1. The Morgan fingerprint density at radius 1 is 0.900 bits per heavy atom. The second-order valence-electron chi connectivity index (χ2n) is 7.28. The summed E-state index contributed by atoms with van der Waals surface area (Å²) in [6, 6.07) is 27.3. The molecule has 0 radical (unpaired) electrons. The summed E-state index contributed by atoms with van der Waals surface area (Å²) in [7, 11) is 0. The van der Waals surface area contributed by atoms with Gasteiger partial charge in [0, 0.05) is 19.6 Å².